The molecule has 1 atom stereocenters. The Morgan fingerprint density at radius 1 is 1.16 bits per heavy atom. The van der Waals surface area contributed by atoms with Gasteiger partial charge < -0.3 is 5.32 Å². The third-order valence-electron chi connectivity index (χ3n) is 3.44. The third kappa shape index (κ3) is 7.31. The Balaban J connectivity index is 2.29. The Morgan fingerprint density at radius 3 is 2.58 bits per heavy atom. The molecular formula is C15H30N4. The van der Waals surface area contributed by atoms with Crippen molar-refractivity contribution in [1.82, 2.24) is 20.3 Å². The van der Waals surface area contributed by atoms with Crippen molar-refractivity contribution in [2.45, 2.75) is 71.3 Å². The van der Waals surface area contributed by atoms with E-state index >= 15 is 0 Å². The highest BCUT2D eigenvalue weighted by Crippen LogP contribution is 2.10. The summed E-state index contributed by atoms with van der Waals surface area (Å²) in [6.45, 7) is 5.58. The zero-order valence-corrected chi connectivity index (χ0v) is 12.9. The van der Waals surface area contributed by atoms with Gasteiger partial charge in [-0.05, 0) is 19.4 Å². The fraction of sp³-hybridized carbons (Fsp3) is 0.867. The van der Waals surface area contributed by atoms with E-state index in [0.29, 0.717) is 6.04 Å². The minimum Gasteiger partial charge on any atom is -0.314 e. The Bertz CT molecular complexity index is 322. The maximum atomic E-state index is 4.19. The minimum atomic E-state index is 0.554. The molecule has 4 heteroatoms. The molecule has 1 rings (SSSR count). The second-order valence-electron chi connectivity index (χ2n) is 5.44. The molecule has 1 aromatic heterocycles. The number of hydrogen-bond donors (Lipinski definition) is 1. The van der Waals surface area contributed by atoms with Gasteiger partial charge in [-0.15, -0.1) is 5.10 Å². The van der Waals surface area contributed by atoms with Crippen molar-refractivity contribution in [2.75, 3.05) is 6.54 Å². The fourth-order valence-electron chi connectivity index (χ4n) is 2.36. The van der Waals surface area contributed by atoms with Crippen molar-refractivity contribution < 1.29 is 0 Å². The summed E-state index contributed by atoms with van der Waals surface area (Å²) < 4.78 is 1.79. The first-order valence-corrected chi connectivity index (χ1v) is 7.84. The van der Waals surface area contributed by atoms with E-state index in [2.05, 4.69) is 29.5 Å². The van der Waals surface area contributed by atoms with Gasteiger partial charge in [-0.25, -0.2) is 0 Å². The fourth-order valence-corrected chi connectivity index (χ4v) is 2.36. The van der Waals surface area contributed by atoms with Crippen molar-refractivity contribution in [3.63, 3.8) is 0 Å². The molecule has 0 fully saturated rings. The lowest BCUT2D eigenvalue weighted by molar-refractivity contribution is 0.448. The Kier molecular flexibility index (Phi) is 8.47. The number of nitrogens with one attached hydrogen (secondary N) is 1. The molecule has 0 spiro atoms. The summed E-state index contributed by atoms with van der Waals surface area (Å²) >= 11 is 0. The Morgan fingerprint density at radius 2 is 1.95 bits per heavy atom. The summed E-state index contributed by atoms with van der Waals surface area (Å²) in [7, 11) is 1.93. The lowest BCUT2D eigenvalue weighted by Crippen LogP contribution is -2.32. The maximum absolute atomic E-state index is 4.19. The van der Waals surface area contributed by atoms with E-state index in [9.17, 15) is 0 Å². The molecule has 0 aliphatic rings. The van der Waals surface area contributed by atoms with Crippen LogP contribution in [0.4, 0.5) is 0 Å². The molecule has 0 saturated heterocycles. The normalized spacial score (nSPS) is 12.8. The highest BCUT2D eigenvalue weighted by Gasteiger charge is 2.10. The molecule has 110 valence electrons. The smallest absolute Gasteiger partial charge is 0.0842 e. The molecule has 0 bridgehead atoms. The largest absolute Gasteiger partial charge is 0.314 e. The third-order valence-corrected chi connectivity index (χ3v) is 3.44. The molecule has 0 aliphatic carbocycles. The summed E-state index contributed by atoms with van der Waals surface area (Å²) in [4.78, 5) is 0. The van der Waals surface area contributed by atoms with E-state index in [4.69, 9.17) is 0 Å². The van der Waals surface area contributed by atoms with Crippen LogP contribution in [0.25, 0.3) is 0 Å². The highest BCUT2D eigenvalue weighted by atomic mass is 15.4. The Labute approximate surface area is 118 Å². The molecular weight excluding hydrogens is 236 g/mol. The first-order valence-electron chi connectivity index (χ1n) is 7.84. The van der Waals surface area contributed by atoms with Gasteiger partial charge >= 0.3 is 0 Å². The van der Waals surface area contributed by atoms with Gasteiger partial charge in [0.25, 0.3) is 0 Å². The molecule has 19 heavy (non-hydrogen) atoms. The van der Waals surface area contributed by atoms with Gasteiger partial charge in [-0.3, -0.25) is 4.68 Å². The molecule has 1 unspecified atom stereocenters. The molecule has 4 nitrogen and oxygen atoms in total. The van der Waals surface area contributed by atoms with Crippen molar-refractivity contribution in [3.05, 3.63) is 11.9 Å². The monoisotopic (exact) mass is 266 g/mol. The SMILES string of the molecule is CCCCCCCC(Cc1cn(C)nn1)NCCC. The summed E-state index contributed by atoms with van der Waals surface area (Å²) in [6.07, 6.45) is 12.2. The van der Waals surface area contributed by atoms with Crippen molar-refractivity contribution in [3.8, 4) is 0 Å². The topological polar surface area (TPSA) is 42.7 Å². The maximum Gasteiger partial charge on any atom is 0.0842 e. The molecule has 1 N–H and O–H groups in total. The van der Waals surface area contributed by atoms with Crippen LogP contribution in [0.2, 0.25) is 0 Å². The standard InChI is InChI=1S/C15H30N4/c1-4-6-7-8-9-10-14(16-11-5-2)12-15-13-19(3)18-17-15/h13-14,16H,4-12H2,1-3H3. The van der Waals surface area contributed by atoms with Gasteiger partial charge in [0.1, 0.15) is 0 Å². The zero-order chi connectivity index (χ0) is 13.9. The van der Waals surface area contributed by atoms with Crippen LogP contribution in [0.3, 0.4) is 0 Å². The van der Waals surface area contributed by atoms with Crippen LogP contribution in [0.1, 0.15) is 64.5 Å². The van der Waals surface area contributed by atoms with E-state index in [1.807, 2.05) is 13.2 Å². The second-order valence-corrected chi connectivity index (χ2v) is 5.44. The second kappa shape index (κ2) is 9.96. The van der Waals surface area contributed by atoms with Gasteiger partial charge in [0, 0.05) is 25.7 Å². The number of aromatic nitrogens is 3. The van der Waals surface area contributed by atoms with Gasteiger partial charge in [-0.2, -0.15) is 0 Å². The number of aryl methyl sites for hydroxylation is 1. The first-order chi connectivity index (χ1) is 9.26. The summed E-state index contributed by atoms with van der Waals surface area (Å²) in [5.74, 6) is 0. The molecule has 0 radical (unpaired) electrons. The van der Waals surface area contributed by atoms with Gasteiger partial charge in [0.15, 0.2) is 0 Å². The number of hydrogen-bond acceptors (Lipinski definition) is 3. The average molecular weight is 266 g/mol. The van der Waals surface area contributed by atoms with Gasteiger partial charge in [0.05, 0.1) is 5.69 Å². The van der Waals surface area contributed by atoms with E-state index in [1.165, 1.54) is 44.9 Å². The molecule has 0 aliphatic heterocycles. The first kappa shape index (κ1) is 16.2. The number of rotatable bonds is 11. The summed E-state index contributed by atoms with van der Waals surface area (Å²) in [5.41, 5.74) is 1.10. The minimum absolute atomic E-state index is 0.554. The molecule has 1 aromatic rings. The molecule has 0 amide bonds. The molecule has 0 saturated carbocycles. The highest BCUT2D eigenvalue weighted by molar-refractivity contribution is 4.95. The predicted octanol–water partition coefficient (Wildman–Crippen LogP) is 3.09. The lowest BCUT2D eigenvalue weighted by atomic mass is 10.0. The van der Waals surface area contributed by atoms with E-state index in [0.717, 1.165) is 18.7 Å². The predicted molar refractivity (Wildman–Crippen MR) is 80.2 cm³/mol. The van der Waals surface area contributed by atoms with Gasteiger partial charge in [-0.1, -0.05) is 51.2 Å². The van der Waals surface area contributed by atoms with Crippen molar-refractivity contribution in [2.24, 2.45) is 7.05 Å². The van der Waals surface area contributed by atoms with Crippen LogP contribution >= 0.6 is 0 Å². The van der Waals surface area contributed by atoms with Crippen molar-refractivity contribution >= 4 is 0 Å². The van der Waals surface area contributed by atoms with Crippen molar-refractivity contribution in [1.29, 1.82) is 0 Å². The van der Waals surface area contributed by atoms with Crippen LogP contribution in [0.5, 0.6) is 0 Å². The van der Waals surface area contributed by atoms with Crippen LogP contribution in [-0.2, 0) is 13.5 Å². The quantitative estimate of drug-likeness (QED) is 0.626. The molecule has 1 heterocycles. The summed E-state index contributed by atoms with van der Waals surface area (Å²) in [5, 5.41) is 11.8. The molecule has 0 aromatic carbocycles. The number of nitrogens with zero attached hydrogens (tertiary/aromatic N) is 3. The lowest BCUT2D eigenvalue weighted by Gasteiger charge is -2.17. The van der Waals surface area contributed by atoms with Crippen LogP contribution < -0.4 is 5.32 Å². The van der Waals surface area contributed by atoms with Crippen LogP contribution in [0, 0.1) is 0 Å². The van der Waals surface area contributed by atoms with Gasteiger partial charge in [0.2, 0.25) is 0 Å². The van der Waals surface area contributed by atoms with Crippen LogP contribution in [0.15, 0.2) is 6.20 Å². The van der Waals surface area contributed by atoms with E-state index in [1.54, 1.807) is 4.68 Å². The summed E-state index contributed by atoms with van der Waals surface area (Å²) in [6, 6.07) is 0.554. The number of unbranched alkanes of at least 4 members (excludes halogenated alkanes) is 4. The average Bonchev–Trinajstić information content (AvgIpc) is 2.81. The van der Waals surface area contributed by atoms with E-state index < -0.39 is 0 Å². The van der Waals surface area contributed by atoms with Crippen LogP contribution in [-0.4, -0.2) is 27.6 Å². The van der Waals surface area contributed by atoms with E-state index in [-0.39, 0.29) is 0 Å². The zero-order valence-electron chi connectivity index (χ0n) is 12.9. The Hall–Kier alpha value is -0.900.